The standard InChI is InChI=1S/C14H10ClFN4/c15-12-6-10(14-18-7-13(16)20(14)19-12)8-5-9(8)11-3-1-2-4-17-11/h1-4,6-9H,5H2. The van der Waals surface area contributed by atoms with Gasteiger partial charge in [-0.15, -0.1) is 0 Å². The quantitative estimate of drug-likeness (QED) is 0.727. The van der Waals surface area contributed by atoms with Crippen molar-refractivity contribution in [3.05, 3.63) is 59.0 Å². The average Bonchev–Trinajstić information content (AvgIpc) is 3.18. The lowest BCUT2D eigenvalue weighted by molar-refractivity contribution is 0.548. The molecule has 4 rings (SSSR count). The van der Waals surface area contributed by atoms with Gasteiger partial charge in [-0.05, 0) is 30.5 Å². The van der Waals surface area contributed by atoms with Crippen LogP contribution in [-0.4, -0.2) is 19.6 Å². The lowest BCUT2D eigenvalue weighted by atomic mass is 10.1. The van der Waals surface area contributed by atoms with Gasteiger partial charge in [-0.1, -0.05) is 17.7 Å². The summed E-state index contributed by atoms with van der Waals surface area (Å²) in [4.78, 5) is 8.47. The molecule has 0 bridgehead atoms. The molecule has 0 radical (unpaired) electrons. The predicted molar refractivity (Wildman–Crippen MR) is 72.3 cm³/mol. The number of halogens is 2. The van der Waals surface area contributed by atoms with Crippen molar-refractivity contribution in [3.8, 4) is 0 Å². The van der Waals surface area contributed by atoms with Crippen molar-refractivity contribution in [2.45, 2.75) is 18.3 Å². The largest absolute Gasteiger partial charge is 0.261 e. The highest BCUT2D eigenvalue weighted by atomic mass is 35.5. The molecule has 0 amide bonds. The second-order valence-corrected chi connectivity index (χ2v) is 5.33. The zero-order valence-electron chi connectivity index (χ0n) is 10.4. The van der Waals surface area contributed by atoms with Crippen LogP contribution in [-0.2, 0) is 0 Å². The molecule has 3 heterocycles. The van der Waals surface area contributed by atoms with E-state index in [0.717, 1.165) is 22.2 Å². The van der Waals surface area contributed by atoms with E-state index >= 15 is 0 Å². The molecule has 1 aliphatic carbocycles. The second-order valence-electron chi connectivity index (χ2n) is 4.94. The highest BCUT2D eigenvalue weighted by Gasteiger charge is 2.42. The first kappa shape index (κ1) is 11.8. The van der Waals surface area contributed by atoms with Crippen molar-refractivity contribution < 1.29 is 4.39 Å². The molecule has 4 nitrogen and oxygen atoms in total. The Kier molecular flexibility index (Phi) is 2.50. The van der Waals surface area contributed by atoms with Crippen LogP contribution in [0.1, 0.15) is 29.5 Å². The number of hydrogen-bond donors (Lipinski definition) is 0. The Balaban J connectivity index is 1.77. The third kappa shape index (κ3) is 1.78. The second kappa shape index (κ2) is 4.24. The van der Waals surface area contributed by atoms with E-state index in [1.54, 1.807) is 12.3 Å². The van der Waals surface area contributed by atoms with E-state index in [-0.39, 0.29) is 11.1 Å². The number of aromatic nitrogens is 4. The minimum absolute atomic E-state index is 0.273. The van der Waals surface area contributed by atoms with E-state index in [9.17, 15) is 4.39 Å². The van der Waals surface area contributed by atoms with Gasteiger partial charge in [0.25, 0.3) is 0 Å². The lowest BCUT2D eigenvalue weighted by Crippen LogP contribution is -1.99. The number of imidazole rings is 1. The lowest BCUT2D eigenvalue weighted by Gasteiger charge is -2.04. The Morgan fingerprint density at radius 2 is 2.15 bits per heavy atom. The van der Waals surface area contributed by atoms with E-state index in [1.807, 2.05) is 18.2 Å². The molecule has 1 aliphatic rings. The van der Waals surface area contributed by atoms with Crippen LogP contribution in [0.15, 0.2) is 36.7 Å². The Morgan fingerprint density at radius 1 is 1.25 bits per heavy atom. The smallest absolute Gasteiger partial charge is 0.234 e. The molecule has 1 fully saturated rings. The van der Waals surface area contributed by atoms with Crippen molar-refractivity contribution >= 4 is 17.2 Å². The van der Waals surface area contributed by atoms with E-state index in [1.165, 1.54) is 6.20 Å². The van der Waals surface area contributed by atoms with Crippen molar-refractivity contribution in [1.29, 1.82) is 0 Å². The first-order valence-electron chi connectivity index (χ1n) is 6.34. The normalized spacial score (nSPS) is 21.3. The molecule has 1 saturated carbocycles. The Morgan fingerprint density at radius 3 is 2.95 bits per heavy atom. The van der Waals surface area contributed by atoms with E-state index in [4.69, 9.17) is 11.6 Å². The van der Waals surface area contributed by atoms with Crippen molar-refractivity contribution in [2.24, 2.45) is 0 Å². The van der Waals surface area contributed by atoms with Gasteiger partial charge >= 0.3 is 0 Å². The fourth-order valence-electron chi connectivity index (χ4n) is 2.67. The number of nitrogens with zero attached hydrogens (tertiary/aromatic N) is 4. The molecule has 2 unspecified atom stereocenters. The molecule has 0 saturated heterocycles. The first-order valence-corrected chi connectivity index (χ1v) is 6.72. The maximum atomic E-state index is 13.6. The van der Waals surface area contributed by atoms with Gasteiger partial charge in [0, 0.05) is 23.4 Å². The minimum atomic E-state index is -0.501. The molecule has 20 heavy (non-hydrogen) atoms. The molecule has 0 spiro atoms. The summed E-state index contributed by atoms with van der Waals surface area (Å²) in [5.74, 6) is 0.117. The zero-order valence-corrected chi connectivity index (χ0v) is 11.1. The van der Waals surface area contributed by atoms with Gasteiger partial charge in [-0.25, -0.2) is 4.98 Å². The van der Waals surface area contributed by atoms with E-state index in [0.29, 0.717) is 11.6 Å². The molecule has 3 aromatic heterocycles. The van der Waals surface area contributed by atoms with Crippen LogP contribution in [0.5, 0.6) is 0 Å². The highest BCUT2D eigenvalue weighted by molar-refractivity contribution is 6.29. The van der Waals surface area contributed by atoms with E-state index < -0.39 is 5.95 Å². The van der Waals surface area contributed by atoms with Gasteiger partial charge in [-0.2, -0.15) is 14.0 Å². The highest BCUT2D eigenvalue weighted by Crippen LogP contribution is 2.54. The van der Waals surface area contributed by atoms with E-state index in [2.05, 4.69) is 15.1 Å². The predicted octanol–water partition coefficient (Wildman–Crippen LogP) is 3.19. The average molecular weight is 289 g/mol. The maximum absolute atomic E-state index is 13.6. The van der Waals surface area contributed by atoms with Crippen LogP contribution in [0.4, 0.5) is 4.39 Å². The van der Waals surface area contributed by atoms with Crippen molar-refractivity contribution in [1.82, 2.24) is 19.6 Å². The van der Waals surface area contributed by atoms with Crippen LogP contribution in [0.3, 0.4) is 0 Å². The van der Waals surface area contributed by atoms with Gasteiger partial charge in [0.05, 0.1) is 6.20 Å². The summed E-state index contributed by atoms with van der Waals surface area (Å²) in [5.41, 5.74) is 2.52. The Hall–Kier alpha value is -2.01. The van der Waals surface area contributed by atoms with Gasteiger partial charge in [-0.3, -0.25) is 4.98 Å². The SMILES string of the molecule is Fc1cnc2c(C3CC3c3ccccn3)cc(Cl)nn12. The maximum Gasteiger partial charge on any atom is 0.234 e. The van der Waals surface area contributed by atoms with Crippen molar-refractivity contribution in [3.63, 3.8) is 0 Å². The van der Waals surface area contributed by atoms with Gasteiger partial charge in [0.1, 0.15) is 0 Å². The fraction of sp³-hybridized carbons (Fsp3) is 0.214. The van der Waals surface area contributed by atoms with Crippen LogP contribution >= 0.6 is 11.6 Å². The molecule has 0 aromatic carbocycles. The number of fused-ring (bicyclic) bond motifs is 1. The molecular formula is C14H10ClFN4. The van der Waals surface area contributed by atoms with Crippen LogP contribution in [0.2, 0.25) is 5.15 Å². The zero-order chi connectivity index (χ0) is 13.7. The summed E-state index contributed by atoms with van der Waals surface area (Å²) in [6, 6.07) is 7.65. The summed E-state index contributed by atoms with van der Waals surface area (Å²) < 4.78 is 14.7. The Labute approximate surface area is 119 Å². The summed E-state index contributed by atoms with van der Waals surface area (Å²) in [6.07, 6.45) is 3.93. The van der Waals surface area contributed by atoms with Gasteiger partial charge < -0.3 is 0 Å². The number of pyridine rings is 1. The molecule has 0 N–H and O–H groups in total. The van der Waals surface area contributed by atoms with Crippen LogP contribution in [0.25, 0.3) is 5.65 Å². The molecule has 6 heteroatoms. The molecular weight excluding hydrogens is 279 g/mol. The minimum Gasteiger partial charge on any atom is -0.261 e. The number of hydrogen-bond acceptors (Lipinski definition) is 3. The molecule has 2 atom stereocenters. The molecule has 100 valence electrons. The monoisotopic (exact) mass is 288 g/mol. The van der Waals surface area contributed by atoms with Gasteiger partial charge in [0.15, 0.2) is 10.8 Å². The van der Waals surface area contributed by atoms with Crippen molar-refractivity contribution in [2.75, 3.05) is 0 Å². The Bertz CT molecular complexity index is 786. The number of rotatable bonds is 2. The molecule has 3 aromatic rings. The first-order chi connectivity index (χ1) is 9.74. The third-order valence-electron chi connectivity index (χ3n) is 3.68. The topological polar surface area (TPSA) is 43.1 Å². The van der Waals surface area contributed by atoms with Gasteiger partial charge in [0.2, 0.25) is 5.95 Å². The summed E-state index contributed by atoms with van der Waals surface area (Å²) in [7, 11) is 0. The summed E-state index contributed by atoms with van der Waals surface area (Å²) >= 11 is 5.98. The summed E-state index contributed by atoms with van der Waals surface area (Å²) in [5, 5.41) is 4.21. The van der Waals surface area contributed by atoms with Crippen LogP contribution in [0, 0.1) is 5.95 Å². The third-order valence-corrected chi connectivity index (χ3v) is 3.87. The van der Waals surface area contributed by atoms with Crippen LogP contribution < -0.4 is 0 Å². The summed E-state index contributed by atoms with van der Waals surface area (Å²) in [6.45, 7) is 0. The molecule has 0 aliphatic heterocycles. The fourth-order valence-corrected chi connectivity index (χ4v) is 2.86.